The summed E-state index contributed by atoms with van der Waals surface area (Å²) in [7, 11) is 0. The summed E-state index contributed by atoms with van der Waals surface area (Å²) in [5.41, 5.74) is 3.54. The quantitative estimate of drug-likeness (QED) is 0.407. The van der Waals surface area contributed by atoms with Crippen molar-refractivity contribution in [1.82, 2.24) is 14.8 Å². The van der Waals surface area contributed by atoms with Crippen LogP contribution in [0.15, 0.2) is 50.4 Å². The van der Waals surface area contributed by atoms with Crippen molar-refractivity contribution in [2.45, 2.75) is 26.8 Å². The number of aryl methyl sites for hydroxylation is 1. The Hall–Kier alpha value is -4.07. The summed E-state index contributed by atoms with van der Waals surface area (Å²) in [6.45, 7) is 5.61. The Bertz CT molecular complexity index is 1630. The SMILES string of the molecule is Cc1c(=O)ccc2c1oc1c(-c3ccc(C(=O)O)cc3)c3c(=O)[nH]n(C(C)C)c3[nH]c12. The Morgan fingerprint density at radius 3 is 2.42 bits per heavy atom. The highest BCUT2D eigenvalue weighted by molar-refractivity contribution is 6.14. The van der Waals surface area contributed by atoms with Crippen LogP contribution in [0.5, 0.6) is 0 Å². The number of furan rings is 1. The first kappa shape index (κ1) is 18.9. The molecule has 2 aromatic carbocycles. The van der Waals surface area contributed by atoms with Crippen LogP contribution in [-0.4, -0.2) is 25.8 Å². The lowest BCUT2D eigenvalue weighted by atomic mass is 10.0. The van der Waals surface area contributed by atoms with Gasteiger partial charge in [0.1, 0.15) is 11.2 Å². The summed E-state index contributed by atoms with van der Waals surface area (Å²) < 4.78 is 7.90. The number of carbonyl (C=O) groups is 1. The first-order valence-electron chi connectivity index (χ1n) is 9.84. The maximum atomic E-state index is 13.0. The van der Waals surface area contributed by atoms with Gasteiger partial charge in [0.05, 0.1) is 16.5 Å². The minimum atomic E-state index is -1.03. The molecule has 3 heterocycles. The molecular weight excluding hydrogens is 398 g/mol. The van der Waals surface area contributed by atoms with Crippen LogP contribution in [0.3, 0.4) is 0 Å². The van der Waals surface area contributed by atoms with E-state index in [0.29, 0.717) is 44.4 Å². The van der Waals surface area contributed by atoms with E-state index in [9.17, 15) is 19.5 Å². The number of carboxylic acids is 1. The summed E-state index contributed by atoms with van der Waals surface area (Å²) in [6, 6.07) is 9.48. The van der Waals surface area contributed by atoms with Crippen LogP contribution in [0.4, 0.5) is 0 Å². The van der Waals surface area contributed by atoms with Gasteiger partial charge in [-0.3, -0.25) is 19.4 Å². The van der Waals surface area contributed by atoms with E-state index in [4.69, 9.17) is 4.42 Å². The zero-order valence-corrected chi connectivity index (χ0v) is 17.1. The third kappa shape index (κ3) is 2.64. The Morgan fingerprint density at radius 2 is 1.77 bits per heavy atom. The summed E-state index contributed by atoms with van der Waals surface area (Å²) in [6.07, 6.45) is 0. The summed E-state index contributed by atoms with van der Waals surface area (Å²) >= 11 is 0. The second kappa shape index (κ2) is 6.46. The second-order valence-corrected chi connectivity index (χ2v) is 7.88. The van der Waals surface area contributed by atoms with Crippen molar-refractivity contribution in [2.75, 3.05) is 0 Å². The van der Waals surface area contributed by atoms with Gasteiger partial charge in [-0.05, 0) is 50.6 Å². The van der Waals surface area contributed by atoms with E-state index in [-0.39, 0.29) is 22.6 Å². The number of aromatic carboxylic acids is 1. The predicted molar refractivity (Wildman–Crippen MR) is 118 cm³/mol. The fraction of sp³-hybridized carbons (Fsp3) is 0.174. The molecule has 8 nitrogen and oxygen atoms in total. The minimum absolute atomic E-state index is 0.0192. The highest BCUT2D eigenvalue weighted by Crippen LogP contribution is 2.39. The van der Waals surface area contributed by atoms with Crippen LogP contribution in [0, 0.1) is 6.92 Å². The average molecular weight is 417 g/mol. The molecular formula is C23H19N3O5. The fourth-order valence-corrected chi connectivity index (χ4v) is 4.06. The molecule has 0 saturated heterocycles. The number of benzene rings is 2. The standard InChI is InChI=1S/C23H19N3O5/c1-10(2)26-21-17(22(28)25-26)16(12-4-6-13(7-5-12)23(29)30)20-18(24-21)14-8-9-15(27)11(3)19(14)31-20/h4-10,24H,1-3H3,(H,25,28)(H,29,30). The van der Waals surface area contributed by atoms with Crippen LogP contribution in [0.25, 0.3) is 44.2 Å². The van der Waals surface area contributed by atoms with Gasteiger partial charge < -0.3 is 14.5 Å². The van der Waals surface area contributed by atoms with Crippen LogP contribution < -0.4 is 11.0 Å². The molecule has 0 atom stereocenters. The number of H-pyrrole nitrogens is 2. The predicted octanol–water partition coefficient (Wildman–Crippen LogP) is 4.17. The minimum Gasteiger partial charge on any atom is -0.478 e. The fourth-order valence-electron chi connectivity index (χ4n) is 4.06. The largest absolute Gasteiger partial charge is 0.478 e. The van der Waals surface area contributed by atoms with Gasteiger partial charge in [0, 0.05) is 22.6 Å². The molecule has 0 radical (unpaired) electrons. The maximum Gasteiger partial charge on any atom is 0.335 e. The number of carboxylic acid groups (broad SMARTS) is 1. The highest BCUT2D eigenvalue weighted by atomic mass is 16.4. The van der Waals surface area contributed by atoms with E-state index in [2.05, 4.69) is 10.1 Å². The van der Waals surface area contributed by atoms with E-state index in [1.807, 2.05) is 13.8 Å². The lowest BCUT2D eigenvalue weighted by Crippen LogP contribution is -2.07. The van der Waals surface area contributed by atoms with Crippen molar-refractivity contribution in [3.63, 3.8) is 0 Å². The molecule has 0 bridgehead atoms. The number of aromatic amines is 2. The number of hydrogen-bond donors (Lipinski definition) is 3. The summed E-state index contributed by atoms with van der Waals surface area (Å²) in [5.74, 6) is -1.03. The highest BCUT2D eigenvalue weighted by Gasteiger charge is 2.23. The van der Waals surface area contributed by atoms with E-state index >= 15 is 0 Å². The molecule has 5 aromatic rings. The van der Waals surface area contributed by atoms with Crippen LogP contribution >= 0.6 is 0 Å². The molecule has 5 rings (SSSR count). The van der Waals surface area contributed by atoms with Gasteiger partial charge in [0.2, 0.25) is 0 Å². The molecule has 0 aliphatic rings. The zero-order chi connectivity index (χ0) is 22.0. The number of rotatable bonds is 3. The maximum absolute atomic E-state index is 13.0. The number of pyridine rings is 1. The van der Waals surface area contributed by atoms with Gasteiger partial charge in [0.15, 0.2) is 11.0 Å². The Morgan fingerprint density at radius 1 is 1.06 bits per heavy atom. The van der Waals surface area contributed by atoms with Crippen LogP contribution in [0.1, 0.15) is 35.8 Å². The topological polar surface area (TPSA) is 121 Å². The van der Waals surface area contributed by atoms with Crippen molar-refractivity contribution in [3.8, 4) is 11.1 Å². The van der Waals surface area contributed by atoms with Crippen molar-refractivity contribution in [2.24, 2.45) is 0 Å². The van der Waals surface area contributed by atoms with Crippen molar-refractivity contribution in [3.05, 3.63) is 68.1 Å². The van der Waals surface area contributed by atoms with E-state index in [0.717, 1.165) is 5.39 Å². The van der Waals surface area contributed by atoms with E-state index < -0.39 is 5.97 Å². The van der Waals surface area contributed by atoms with Gasteiger partial charge in [0.25, 0.3) is 5.56 Å². The van der Waals surface area contributed by atoms with E-state index in [1.54, 1.807) is 29.8 Å². The molecule has 8 heteroatoms. The molecule has 0 spiro atoms. The molecule has 0 aliphatic carbocycles. The van der Waals surface area contributed by atoms with Gasteiger partial charge in [-0.15, -0.1) is 0 Å². The van der Waals surface area contributed by atoms with Crippen molar-refractivity contribution < 1.29 is 14.3 Å². The van der Waals surface area contributed by atoms with Crippen molar-refractivity contribution >= 4 is 39.1 Å². The van der Waals surface area contributed by atoms with Gasteiger partial charge in [-0.1, -0.05) is 12.1 Å². The average Bonchev–Trinajstić information content (AvgIpc) is 3.28. The third-order valence-electron chi connectivity index (χ3n) is 5.64. The molecule has 0 aliphatic heterocycles. The first-order valence-corrected chi connectivity index (χ1v) is 9.84. The number of aromatic nitrogens is 3. The van der Waals surface area contributed by atoms with Crippen LogP contribution in [-0.2, 0) is 0 Å². The zero-order valence-electron chi connectivity index (χ0n) is 17.1. The number of nitrogens with zero attached hydrogens (tertiary/aromatic N) is 1. The van der Waals surface area contributed by atoms with Gasteiger partial charge in [-0.25, -0.2) is 4.79 Å². The van der Waals surface area contributed by atoms with Gasteiger partial charge >= 0.3 is 5.97 Å². The monoisotopic (exact) mass is 417 g/mol. The number of hydrogen-bond acceptors (Lipinski definition) is 4. The number of nitrogens with one attached hydrogen (secondary N) is 2. The Kier molecular flexibility index (Phi) is 3.95. The molecule has 0 amide bonds. The second-order valence-electron chi connectivity index (χ2n) is 7.88. The molecule has 3 aromatic heterocycles. The van der Waals surface area contributed by atoms with Crippen LogP contribution in [0.2, 0.25) is 0 Å². The Labute approximate surface area is 174 Å². The van der Waals surface area contributed by atoms with Gasteiger partial charge in [-0.2, -0.15) is 0 Å². The third-order valence-corrected chi connectivity index (χ3v) is 5.64. The summed E-state index contributed by atoms with van der Waals surface area (Å²) in [5, 5.41) is 13.3. The first-order chi connectivity index (χ1) is 14.8. The Balaban J connectivity index is 2.01. The molecule has 31 heavy (non-hydrogen) atoms. The molecule has 0 fully saturated rings. The van der Waals surface area contributed by atoms with E-state index in [1.165, 1.54) is 18.2 Å². The molecule has 0 saturated carbocycles. The lowest BCUT2D eigenvalue weighted by Gasteiger charge is -2.10. The van der Waals surface area contributed by atoms with Crippen molar-refractivity contribution in [1.29, 1.82) is 0 Å². The summed E-state index contributed by atoms with van der Waals surface area (Å²) in [4.78, 5) is 39.7. The molecule has 156 valence electrons. The number of fused-ring (bicyclic) bond motifs is 4. The smallest absolute Gasteiger partial charge is 0.335 e. The lowest BCUT2D eigenvalue weighted by molar-refractivity contribution is 0.0697. The molecule has 0 unspecified atom stereocenters. The normalized spacial score (nSPS) is 11.9. The molecule has 3 N–H and O–H groups in total.